The molecule has 1 saturated carbocycles. The molecule has 0 aliphatic heterocycles. The smallest absolute Gasteiger partial charge is 0.479 e. The Bertz CT molecular complexity index is 850. The van der Waals surface area contributed by atoms with Gasteiger partial charge in [0.05, 0.1) is 17.8 Å². The van der Waals surface area contributed by atoms with Gasteiger partial charge in [-0.15, -0.1) is 0 Å². The molecule has 1 aliphatic carbocycles. The molecule has 0 aromatic carbocycles. The third-order valence-electron chi connectivity index (χ3n) is 6.65. The van der Waals surface area contributed by atoms with Gasteiger partial charge in [0, 0.05) is 20.4 Å². The van der Waals surface area contributed by atoms with Crippen LogP contribution in [0.3, 0.4) is 0 Å². The zero-order valence-corrected chi connectivity index (χ0v) is 22.4. The van der Waals surface area contributed by atoms with E-state index in [2.05, 4.69) is 5.32 Å². The molecule has 2 atom stereocenters. The van der Waals surface area contributed by atoms with Crippen molar-refractivity contribution in [2.24, 2.45) is 17.3 Å². The van der Waals surface area contributed by atoms with Gasteiger partial charge in [0.15, 0.2) is 5.60 Å². The lowest BCUT2D eigenvalue weighted by atomic mass is 9.60. The standard InChI is InChI=1S/C23H41NO10S/c1-16(2)15-32-20(28)33-22(6,34-35(30,31)14-10-13-24-17(3)25)21(4,5)23(29,19(26)27)18-11-8-7-9-12-18/h16,18,29H,7-15H2,1-6H3,(H,24,25)(H,26,27)/t22?,23-/m0/s1. The number of nitrogens with one attached hydrogen (secondary N) is 1. The Balaban J connectivity index is 3.38. The topological polar surface area (TPSA) is 166 Å². The number of carboxylic acids is 1. The van der Waals surface area contributed by atoms with E-state index < -0.39 is 50.7 Å². The Morgan fingerprint density at radius 1 is 1.09 bits per heavy atom. The van der Waals surface area contributed by atoms with E-state index >= 15 is 0 Å². The van der Waals surface area contributed by atoms with Crippen LogP contribution in [0.1, 0.15) is 80.1 Å². The predicted molar refractivity (Wildman–Crippen MR) is 127 cm³/mol. The highest BCUT2D eigenvalue weighted by Gasteiger charge is 2.66. The van der Waals surface area contributed by atoms with Gasteiger partial charge in [-0.3, -0.25) is 4.79 Å². The second-order valence-electron chi connectivity index (χ2n) is 10.2. The number of aliphatic carboxylic acids is 1. The second kappa shape index (κ2) is 12.4. The molecule has 1 rings (SSSR count). The van der Waals surface area contributed by atoms with Crippen LogP contribution in [0.4, 0.5) is 4.79 Å². The van der Waals surface area contributed by atoms with Crippen LogP contribution >= 0.6 is 0 Å². The summed E-state index contributed by atoms with van der Waals surface area (Å²) >= 11 is 0. The van der Waals surface area contributed by atoms with Crippen LogP contribution in [-0.2, 0) is 33.4 Å². The number of carboxylic acid groups (broad SMARTS) is 1. The summed E-state index contributed by atoms with van der Waals surface area (Å²) in [5, 5.41) is 24.2. The molecule has 12 heteroatoms. The van der Waals surface area contributed by atoms with Crippen molar-refractivity contribution in [3.05, 3.63) is 0 Å². The van der Waals surface area contributed by atoms with Crippen LogP contribution in [0.2, 0.25) is 0 Å². The molecule has 0 radical (unpaired) electrons. The van der Waals surface area contributed by atoms with Gasteiger partial charge >= 0.3 is 12.1 Å². The predicted octanol–water partition coefficient (Wildman–Crippen LogP) is 2.81. The fraction of sp³-hybridized carbons (Fsp3) is 0.870. The highest BCUT2D eigenvalue weighted by molar-refractivity contribution is 7.86. The lowest BCUT2D eigenvalue weighted by Gasteiger charge is -2.52. The first-order chi connectivity index (χ1) is 16.0. The molecular weight excluding hydrogens is 482 g/mol. The minimum Gasteiger partial charge on any atom is -0.479 e. The number of aliphatic hydroxyl groups is 1. The Morgan fingerprint density at radius 3 is 2.14 bits per heavy atom. The van der Waals surface area contributed by atoms with E-state index in [1.54, 1.807) is 13.8 Å². The largest absolute Gasteiger partial charge is 0.510 e. The van der Waals surface area contributed by atoms with E-state index in [1.807, 2.05) is 0 Å². The molecule has 0 heterocycles. The fourth-order valence-electron chi connectivity index (χ4n) is 4.29. The summed E-state index contributed by atoms with van der Waals surface area (Å²) in [5.41, 5.74) is -4.42. The molecule has 1 unspecified atom stereocenters. The van der Waals surface area contributed by atoms with Gasteiger partial charge in [-0.05, 0) is 31.1 Å². The van der Waals surface area contributed by atoms with Crippen LogP contribution in [0.25, 0.3) is 0 Å². The van der Waals surface area contributed by atoms with Crippen LogP contribution in [0, 0.1) is 17.3 Å². The van der Waals surface area contributed by atoms with Crippen molar-refractivity contribution < 1.29 is 46.7 Å². The lowest BCUT2D eigenvalue weighted by molar-refractivity contribution is -0.275. The Kier molecular flexibility index (Phi) is 11.0. The molecule has 1 aliphatic rings. The second-order valence-corrected chi connectivity index (χ2v) is 11.9. The van der Waals surface area contributed by atoms with Gasteiger partial charge in [0.1, 0.15) is 0 Å². The fourth-order valence-corrected chi connectivity index (χ4v) is 5.60. The highest BCUT2D eigenvalue weighted by Crippen LogP contribution is 2.51. The van der Waals surface area contributed by atoms with Crippen molar-refractivity contribution in [3.63, 3.8) is 0 Å². The van der Waals surface area contributed by atoms with Crippen LogP contribution in [-0.4, -0.2) is 67.0 Å². The Labute approximate surface area is 208 Å². The molecule has 1 amide bonds. The Morgan fingerprint density at radius 2 is 1.66 bits per heavy atom. The van der Waals surface area contributed by atoms with Crippen LogP contribution < -0.4 is 5.32 Å². The zero-order valence-electron chi connectivity index (χ0n) is 21.6. The van der Waals surface area contributed by atoms with Crippen LogP contribution in [0.15, 0.2) is 0 Å². The number of rotatable bonds is 13. The van der Waals surface area contributed by atoms with Crippen molar-refractivity contribution >= 4 is 28.1 Å². The highest BCUT2D eigenvalue weighted by atomic mass is 32.2. The number of amides is 1. The monoisotopic (exact) mass is 523 g/mol. The van der Waals surface area contributed by atoms with Gasteiger partial charge in [-0.25, -0.2) is 13.8 Å². The summed E-state index contributed by atoms with van der Waals surface area (Å²) in [7, 11) is -4.40. The zero-order chi connectivity index (χ0) is 27.1. The number of carbonyl (C=O) groups excluding carboxylic acids is 2. The van der Waals surface area contributed by atoms with Crippen molar-refractivity contribution in [2.45, 2.75) is 91.5 Å². The molecule has 11 nitrogen and oxygen atoms in total. The molecule has 1 fully saturated rings. The first-order valence-electron chi connectivity index (χ1n) is 12.0. The van der Waals surface area contributed by atoms with E-state index in [4.69, 9.17) is 13.7 Å². The third kappa shape index (κ3) is 8.04. The first-order valence-corrected chi connectivity index (χ1v) is 13.6. The molecule has 0 spiro atoms. The number of ether oxygens (including phenoxy) is 2. The Hall–Kier alpha value is -1.92. The third-order valence-corrected chi connectivity index (χ3v) is 8.01. The molecule has 0 bridgehead atoms. The summed E-state index contributed by atoms with van der Waals surface area (Å²) in [6, 6.07) is 0. The molecule has 204 valence electrons. The van der Waals surface area contributed by atoms with Crippen LogP contribution in [0.5, 0.6) is 0 Å². The van der Waals surface area contributed by atoms with Gasteiger partial charge < -0.3 is 25.0 Å². The quantitative estimate of drug-likeness (QED) is 0.141. The van der Waals surface area contributed by atoms with Gasteiger partial charge in [-0.2, -0.15) is 8.42 Å². The average molecular weight is 524 g/mol. The number of hydrogen-bond donors (Lipinski definition) is 3. The van der Waals surface area contributed by atoms with E-state index in [0.29, 0.717) is 25.7 Å². The molecular formula is C23H41NO10S. The molecule has 0 saturated heterocycles. The SMILES string of the molecule is CC(=O)NCCCS(=O)(=O)OC(C)(OC(=O)OCC(C)C)C(C)(C)[C@@](O)(C(=O)O)C1CCCCC1. The van der Waals surface area contributed by atoms with E-state index in [1.165, 1.54) is 20.8 Å². The summed E-state index contributed by atoms with van der Waals surface area (Å²) in [4.78, 5) is 36.0. The van der Waals surface area contributed by atoms with Crippen molar-refractivity contribution in [1.82, 2.24) is 5.32 Å². The van der Waals surface area contributed by atoms with E-state index in [9.17, 15) is 33.0 Å². The summed E-state index contributed by atoms with van der Waals surface area (Å²) in [6.07, 6.45) is 1.86. The summed E-state index contributed by atoms with van der Waals surface area (Å²) in [5.74, 6) is -5.63. The summed E-state index contributed by atoms with van der Waals surface area (Å²) in [6.45, 7) is 8.64. The minimum atomic E-state index is -4.40. The van der Waals surface area contributed by atoms with Crippen molar-refractivity contribution in [1.29, 1.82) is 0 Å². The van der Waals surface area contributed by atoms with E-state index in [-0.39, 0.29) is 31.4 Å². The van der Waals surface area contributed by atoms with Gasteiger partial charge in [0.25, 0.3) is 10.1 Å². The molecule has 0 aromatic heterocycles. The summed E-state index contributed by atoms with van der Waals surface area (Å²) < 4.78 is 41.5. The number of hydrogen-bond acceptors (Lipinski definition) is 9. The van der Waals surface area contributed by atoms with Crippen molar-refractivity contribution in [2.75, 3.05) is 18.9 Å². The first kappa shape index (κ1) is 31.1. The minimum absolute atomic E-state index is 0.00202. The molecule has 35 heavy (non-hydrogen) atoms. The van der Waals surface area contributed by atoms with Gasteiger partial charge in [-0.1, -0.05) is 47.0 Å². The normalized spacial score (nSPS) is 18.9. The molecule has 3 N–H and O–H groups in total. The maximum atomic E-state index is 12.9. The van der Waals surface area contributed by atoms with Gasteiger partial charge in [0.2, 0.25) is 11.7 Å². The van der Waals surface area contributed by atoms with Crippen molar-refractivity contribution in [3.8, 4) is 0 Å². The average Bonchev–Trinajstić information content (AvgIpc) is 2.74. The number of carbonyl (C=O) groups is 3. The lowest BCUT2D eigenvalue weighted by Crippen LogP contribution is -2.67. The maximum Gasteiger partial charge on any atom is 0.510 e. The van der Waals surface area contributed by atoms with E-state index in [0.717, 1.165) is 13.3 Å². The maximum absolute atomic E-state index is 12.9. The molecule has 0 aromatic rings.